The standard InChI is InChI=1S/C17H20O3/c1-19-16-11-10-14(7-3-2-6-12-18)13-17(16)20-15-8-4-5-9-15/h2-3,6-7,10-13,15H,4-5,8-9H2,1H3. The van der Waals surface area contributed by atoms with E-state index in [1.165, 1.54) is 18.9 Å². The highest BCUT2D eigenvalue weighted by molar-refractivity contribution is 5.66. The van der Waals surface area contributed by atoms with Gasteiger partial charge in [-0.1, -0.05) is 24.3 Å². The Morgan fingerprint density at radius 3 is 2.60 bits per heavy atom. The van der Waals surface area contributed by atoms with E-state index in [2.05, 4.69) is 0 Å². The summed E-state index contributed by atoms with van der Waals surface area (Å²) in [6, 6.07) is 5.85. The lowest BCUT2D eigenvalue weighted by Crippen LogP contribution is -2.11. The largest absolute Gasteiger partial charge is 0.493 e. The van der Waals surface area contributed by atoms with Crippen molar-refractivity contribution in [2.24, 2.45) is 0 Å². The first kappa shape index (κ1) is 14.4. The molecule has 1 aromatic carbocycles. The summed E-state index contributed by atoms with van der Waals surface area (Å²) in [5.41, 5.74) is 1.02. The summed E-state index contributed by atoms with van der Waals surface area (Å²) in [4.78, 5) is 10.2. The molecule has 0 unspecified atom stereocenters. The molecule has 0 spiro atoms. The fourth-order valence-corrected chi connectivity index (χ4v) is 2.35. The zero-order chi connectivity index (χ0) is 14.2. The van der Waals surface area contributed by atoms with E-state index in [0.717, 1.165) is 36.2 Å². The summed E-state index contributed by atoms with van der Waals surface area (Å²) in [6.45, 7) is 0. The third kappa shape index (κ3) is 3.98. The highest BCUT2D eigenvalue weighted by Crippen LogP contribution is 2.32. The van der Waals surface area contributed by atoms with Gasteiger partial charge in [0.15, 0.2) is 11.5 Å². The normalized spacial score (nSPS) is 16.1. The molecule has 1 fully saturated rings. The first-order valence-corrected chi connectivity index (χ1v) is 6.96. The molecule has 106 valence electrons. The van der Waals surface area contributed by atoms with Gasteiger partial charge in [0.05, 0.1) is 13.2 Å². The van der Waals surface area contributed by atoms with Crippen molar-refractivity contribution in [2.75, 3.05) is 7.11 Å². The number of ether oxygens (including phenoxy) is 2. The maximum atomic E-state index is 10.2. The summed E-state index contributed by atoms with van der Waals surface area (Å²) >= 11 is 0. The molecule has 1 aromatic rings. The second kappa shape index (κ2) is 7.53. The average Bonchev–Trinajstić information content (AvgIpc) is 2.97. The van der Waals surface area contributed by atoms with Crippen LogP contribution in [0, 0.1) is 0 Å². The van der Waals surface area contributed by atoms with Gasteiger partial charge in [0.2, 0.25) is 0 Å². The van der Waals surface area contributed by atoms with Gasteiger partial charge in [-0.05, 0) is 49.5 Å². The average molecular weight is 272 g/mol. The third-order valence-corrected chi connectivity index (χ3v) is 3.37. The molecule has 0 saturated heterocycles. The van der Waals surface area contributed by atoms with Crippen LogP contribution >= 0.6 is 0 Å². The van der Waals surface area contributed by atoms with Gasteiger partial charge in [0, 0.05) is 0 Å². The molecule has 0 aliphatic heterocycles. The molecular weight excluding hydrogens is 252 g/mol. The highest BCUT2D eigenvalue weighted by atomic mass is 16.5. The molecule has 0 bridgehead atoms. The van der Waals surface area contributed by atoms with Crippen LogP contribution in [-0.2, 0) is 4.79 Å². The highest BCUT2D eigenvalue weighted by Gasteiger charge is 2.18. The van der Waals surface area contributed by atoms with Gasteiger partial charge in [0.25, 0.3) is 0 Å². The van der Waals surface area contributed by atoms with E-state index in [0.29, 0.717) is 6.10 Å². The van der Waals surface area contributed by atoms with Crippen molar-refractivity contribution in [2.45, 2.75) is 31.8 Å². The van der Waals surface area contributed by atoms with Crippen LogP contribution in [0.15, 0.2) is 36.4 Å². The van der Waals surface area contributed by atoms with Gasteiger partial charge < -0.3 is 9.47 Å². The molecule has 0 aromatic heterocycles. The van der Waals surface area contributed by atoms with Crippen molar-refractivity contribution in [3.8, 4) is 11.5 Å². The Bertz CT molecular complexity index is 497. The Balaban J connectivity index is 2.12. The van der Waals surface area contributed by atoms with Crippen molar-refractivity contribution in [3.05, 3.63) is 42.0 Å². The fourth-order valence-electron chi connectivity index (χ4n) is 2.35. The molecule has 0 atom stereocenters. The Morgan fingerprint density at radius 1 is 1.10 bits per heavy atom. The second-order valence-corrected chi connectivity index (χ2v) is 4.81. The molecule has 1 aliphatic carbocycles. The van der Waals surface area contributed by atoms with Crippen molar-refractivity contribution < 1.29 is 14.3 Å². The molecule has 20 heavy (non-hydrogen) atoms. The minimum absolute atomic E-state index is 0.304. The van der Waals surface area contributed by atoms with Crippen LogP contribution in [0.5, 0.6) is 11.5 Å². The van der Waals surface area contributed by atoms with Crippen LogP contribution in [0.3, 0.4) is 0 Å². The number of carbonyl (C=O) groups is 1. The summed E-state index contributed by atoms with van der Waals surface area (Å²) in [5, 5.41) is 0. The summed E-state index contributed by atoms with van der Waals surface area (Å²) in [6.07, 6.45) is 12.7. The van der Waals surface area contributed by atoms with Gasteiger partial charge in [-0.3, -0.25) is 4.79 Å². The summed E-state index contributed by atoms with van der Waals surface area (Å²) < 4.78 is 11.4. The smallest absolute Gasteiger partial charge is 0.162 e. The van der Waals surface area contributed by atoms with E-state index < -0.39 is 0 Å². The van der Waals surface area contributed by atoms with Crippen molar-refractivity contribution in [3.63, 3.8) is 0 Å². The number of hydrogen-bond donors (Lipinski definition) is 0. The van der Waals surface area contributed by atoms with Gasteiger partial charge in [-0.2, -0.15) is 0 Å². The molecule has 1 saturated carbocycles. The van der Waals surface area contributed by atoms with E-state index in [1.54, 1.807) is 13.2 Å². The van der Waals surface area contributed by atoms with Crippen LogP contribution in [0.2, 0.25) is 0 Å². The molecule has 1 aliphatic rings. The van der Waals surface area contributed by atoms with Crippen LogP contribution < -0.4 is 9.47 Å². The second-order valence-electron chi connectivity index (χ2n) is 4.81. The Morgan fingerprint density at radius 2 is 1.90 bits per heavy atom. The first-order valence-electron chi connectivity index (χ1n) is 6.96. The lowest BCUT2D eigenvalue weighted by Gasteiger charge is -2.16. The number of methoxy groups -OCH3 is 1. The maximum absolute atomic E-state index is 10.2. The molecule has 0 amide bonds. The van der Waals surface area contributed by atoms with Crippen LogP contribution in [0.25, 0.3) is 6.08 Å². The monoisotopic (exact) mass is 272 g/mol. The Kier molecular flexibility index (Phi) is 5.42. The Labute approximate surface area is 119 Å². The van der Waals surface area contributed by atoms with Crippen molar-refractivity contribution in [1.29, 1.82) is 0 Å². The van der Waals surface area contributed by atoms with Gasteiger partial charge >= 0.3 is 0 Å². The van der Waals surface area contributed by atoms with Crippen LogP contribution in [-0.4, -0.2) is 19.5 Å². The SMILES string of the molecule is COc1ccc(C=CC=CC=O)cc1OC1CCCC1. The van der Waals surface area contributed by atoms with Gasteiger partial charge in [-0.15, -0.1) is 0 Å². The van der Waals surface area contributed by atoms with E-state index in [9.17, 15) is 4.79 Å². The van der Waals surface area contributed by atoms with Gasteiger partial charge in [-0.25, -0.2) is 0 Å². The number of hydrogen-bond acceptors (Lipinski definition) is 3. The lowest BCUT2D eigenvalue weighted by atomic mass is 10.2. The zero-order valence-electron chi connectivity index (χ0n) is 11.7. The van der Waals surface area contributed by atoms with E-state index in [4.69, 9.17) is 9.47 Å². The predicted molar refractivity (Wildman–Crippen MR) is 80.1 cm³/mol. The molecule has 0 heterocycles. The van der Waals surface area contributed by atoms with Crippen LogP contribution in [0.1, 0.15) is 31.2 Å². The third-order valence-electron chi connectivity index (χ3n) is 3.37. The molecule has 3 heteroatoms. The first-order chi connectivity index (χ1) is 9.83. The van der Waals surface area contributed by atoms with Crippen LogP contribution in [0.4, 0.5) is 0 Å². The van der Waals surface area contributed by atoms with Crippen molar-refractivity contribution >= 4 is 12.4 Å². The minimum Gasteiger partial charge on any atom is -0.493 e. The quantitative estimate of drug-likeness (QED) is 0.449. The molecular formula is C17H20O3. The van der Waals surface area contributed by atoms with E-state index >= 15 is 0 Å². The number of carbonyl (C=O) groups excluding carboxylic acids is 1. The van der Waals surface area contributed by atoms with E-state index in [1.807, 2.05) is 30.4 Å². The zero-order valence-corrected chi connectivity index (χ0v) is 11.7. The molecule has 0 radical (unpaired) electrons. The number of allylic oxidation sites excluding steroid dienone is 3. The maximum Gasteiger partial charge on any atom is 0.162 e. The fraction of sp³-hybridized carbons (Fsp3) is 0.353. The number of aldehydes is 1. The van der Waals surface area contributed by atoms with E-state index in [-0.39, 0.29) is 0 Å². The molecule has 0 N–H and O–H groups in total. The molecule has 3 nitrogen and oxygen atoms in total. The predicted octanol–water partition coefficient (Wildman–Crippen LogP) is 3.78. The topological polar surface area (TPSA) is 35.5 Å². The number of rotatable bonds is 6. The van der Waals surface area contributed by atoms with Gasteiger partial charge in [0.1, 0.15) is 6.29 Å². The summed E-state index contributed by atoms with van der Waals surface area (Å²) in [5.74, 6) is 1.55. The molecule has 2 rings (SSSR count). The number of benzene rings is 1. The Hall–Kier alpha value is -2.03. The minimum atomic E-state index is 0.304. The van der Waals surface area contributed by atoms with Crippen molar-refractivity contribution in [1.82, 2.24) is 0 Å². The summed E-state index contributed by atoms with van der Waals surface area (Å²) in [7, 11) is 1.65. The lowest BCUT2D eigenvalue weighted by molar-refractivity contribution is -0.104.